The first kappa shape index (κ1) is 14.5. The number of anilines is 1. The van der Waals surface area contributed by atoms with Crippen molar-refractivity contribution >= 4 is 5.69 Å². The van der Waals surface area contributed by atoms with Crippen molar-refractivity contribution in [3.63, 3.8) is 0 Å². The summed E-state index contributed by atoms with van der Waals surface area (Å²) in [4.78, 5) is 1.72. The first-order valence-electron chi connectivity index (χ1n) is 6.98. The Morgan fingerprint density at radius 1 is 1.18 bits per heavy atom. The van der Waals surface area contributed by atoms with Gasteiger partial charge in [0, 0.05) is 6.54 Å². The first-order valence-corrected chi connectivity index (χ1v) is 6.98. The highest BCUT2D eigenvalue weighted by atomic mass is 19.1. The number of benzene rings is 2. The molecule has 112 valence electrons. The molecule has 3 nitrogen and oxygen atoms in total. The van der Waals surface area contributed by atoms with Gasteiger partial charge in [-0.25, -0.2) is 8.78 Å². The van der Waals surface area contributed by atoms with Crippen LogP contribution < -0.4 is 4.90 Å². The molecule has 0 radical (unpaired) electrons. The number of aliphatic hydroxyl groups excluding tert-OH is 1. The van der Waals surface area contributed by atoms with Gasteiger partial charge in [-0.05, 0) is 42.3 Å². The van der Waals surface area contributed by atoms with Gasteiger partial charge in [0.25, 0.3) is 0 Å². The highest BCUT2D eigenvalue weighted by Gasteiger charge is 2.33. The summed E-state index contributed by atoms with van der Waals surface area (Å²) in [6, 6.07) is 11.9. The van der Waals surface area contributed by atoms with Crippen molar-refractivity contribution < 1.29 is 13.9 Å². The molecule has 2 aromatic rings. The molecule has 1 heterocycles. The van der Waals surface area contributed by atoms with E-state index < -0.39 is 11.9 Å². The summed E-state index contributed by atoms with van der Waals surface area (Å²) in [6.07, 6.45) is -0.202. The van der Waals surface area contributed by atoms with E-state index in [0.717, 1.165) is 0 Å². The van der Waals surface area contributed by atoms with Gasteiger partial charge in [-0.1, -0.05) is 12.1 Å². The Hall–Kier alpha value is -2.45. The smallest absolute Gasteiger partial charge is 0.147 e. The molecular formula is C17H14F2N2O. The lowest BCUT2D eigenvalue weighted by atomic mass is 10.0. The van der Waals surface area contributed by atoms with Crippen LogP contribution >= 0.6 is 0 Å². The highest BCUT2D eigenvalue weighted by Crippen LogP contribution is 2.37. The maximum atomic E-state index is 14.2. The minimum absolute atomic E-state index is 0.239. The van der Waals surface area contributed by atoms with E-state index in [0.29, 0.717) is 17.7 Å². The van der Waals surface area contributed by atoms with Gasteiger partial charge in [0.2, 0.25) is 0 Å². The third kappa shape index (κ3) is 2.66. The second-order valence-corrected chi connectivity index (χ2v) is 5.39. The molecule has 0 aliphatic carbocycles. The average molecular weight is 300 g/mol. The fourth-order valence-electron chi connectivity index (χ4n) is 2.92. The summed E-state index contributed by atoms with van der Waals surface area (Å²) in [5.74, 6) is -0.881. The van der Waals surface area contributed by atoms with Crippen LogP contribution in [0.5, 0.6) is 0 Å². The van der Waals surface area contributed by atoms with E-state index in [2.05, 4.69) is 0 Å². The Labute approximate surface area is 127 Å². The zero-order valence-electron chi connectivity index (χ0n) is 11.7. The average Bonchev–Trinajstić information content (AvgIpc) is 2.88. The predicted molar refractivity (Wildman–Crippen MR) is 78.2 cm³/mol. The van der Waals surface area contributed by atoms with Gasteiger partial charge in [0.15, 0.2) is 0 Å². The summed E-state index contributed by atoms with van der Waals surface area (Å²) >= 11 is 0. The van der Waals surface area contributed by atoms with E-state index in [1.807, 2.05) is 6.07 Å². The van der Waals surface area contributed by atoms with Crippen LogP contribution in [0, 0.1) is 23.0 Å². The van der Waals surface area contributed by atoms with Crippen molar-refractivity contribution in [3.8, 4) is 6.07 Å². The molecule has 1 aliphatic heterocycles. The van der Waals surface area contributed by atoms with Crippen LogP contribution in [0.4, 0.5) is 14.5 Å². The van der Waals surface area contributed by atoms with E-state index in [1.54, 1.807) is 17.0 Å². The van der Waals surface area contributed by atoms with Gasteiger partial charge < -0.3 is 10.0 Å². The third-order valence-electron chi connectivity index (χ3n) is 3.90. The number of halogens is 2. The van der Waals surface area contributed by atoms with Crippen molar-refractivity contribution in [2.24, 2.45) is 0 Å². The molecule has 0 bridgehead atoms. The molecule has 1 aliphatic rings. The van der Waals surface area contributed by atoms with Crippen LogP contribution in [0.25, 0.3) is 0 Å². The van der Waals surface area contributed by atoms with Gasteiger partial charge in [-0.2, -0.15) is 5.26 Å². The van der Waals surface area contributed by atoms with E-state index in [9.17, 15) is 13.9 Å². The molecule has 0 aromatic heterocycles. The Bertz CT molecular complexity index is 742. The maximum Gasteiger partial charge on any atom is 0.147 e. The molecule has 22 heavy (non-hydrogen) atoms. The molecule has 0 amide bonds. The molecular weight excluding hydrogens is 286 g/mol. The van der Waals surface area contributed by atoms with Crippen LogP contribution in [0.2, 0.25) is 0 Å². The minimum Gasteiger partial charge on any atom is -0.391 e. The standard InChI is InChI=1S/C17H14F2N2O/c18-13-3-1-2-12(7-13)17-8-14(22)10-21(17)16-5-4-11(9-20)6-15(16)19/h1-7,14,17,22H,8,10H2. The van der Waals surface area contributed by atoms with E-state index in [1.165, 1.54) is 30.3 Å². The van der Waals surface area contributed by atoms with Crippen molar-refractivity contribution in [1.82, 2.24) is 0 Å². The summed E-state index contributed by atoms with van der Waals surface area (Å²) in [7, 11) is 0. The van der Waals surface area contributed by atoms with Gasteiger partial charge in [0.05, 0.1) is 29.5 Å². The Balaban J connectivity index is 1.99. The van der Waals surface area contributed by atoms with Crippen LogP contribution in [0.15, 0.2) is 42.5 Å². The quantitative estimate of drug-likeness (QED) is 0.927. The summed E-state index contributed by atoms with van der Waals surface area (Å²) in [5, 5.41) is 18.8. The minimum atomic E-state index is -0.608. The van der Waals surface area contributed by atoms with Crippen LogP contribution in [-0.2, 0) is 0 Å². The maximum absolute atomic E-state index is 14.2. The Kier molecular flexibility index (Phi) is 3.78. The molecule has 2 aromatic carbocycles. The highest BCUT2D eigenvalue weighted by molar-refractivity contribution is 5.54. The van der Waals surface area contributed by atoms with Gasteiger partial charge in [-0.3, -0.25) is 0 Å². The number of hydrogen-bond acceptors (Lipinski definition) is 3. The lowest BCUT2D eigenvalue weighted by molar-refractivity contribution is 0.194. The SMILES string of the molecule is N#Cc1ccc(N2CC(O)CC2c2cccc(F)c2)c(F)c1. The van der Waals surface area contributed by atoms with Crippen LogP contribution in [0.1, 0.15) is 23.6 Å². The normalized spacial score (nSPS) is 20.9. The summed E-state index contributed by atoms with van der Waals surface area (Å²) in [5.41, 5.74) is 1.24. The van der Waals surface area contributed by atoms with Crippen molar-refractivity contribution in [1.29, 1.82) is 5.26 Å². The largest absolute Gasteiger partial charge is 0.391 e. The van der Waals surface area contributed by atoms with Crippen molar-refractivity contribution in [3.05, 3.63) is 65.2 Å². The van der Waals surface area contributed by atoms with Crippen molar-refractivity contribution in [2.75, 3.05) is 11.4 Å². The predicted octanol–water partition coefficient (Wildman–Crippen LogP) is 3.15. The van der Waals surface area contributed by atoms with E-state index >= 15 is 0 Å². The van der Waals surface area contributed by atoms with Gasteiger partial charge in [0.1, 0.15) is 11.6 Å². The first-order chi connectivity index (χ1) is 10.6. The van der Waals surface area contributed by atoms with Crippen LogP contribution in [-0.4, -0.2) is 17.8 Å². The van der Waals surface area contributed by atoms with Gasteiger partial charge >= 0.3 is 0 Å². The molecule has 2 atom stereocenters. The molecule has 5 heteroatoms. The molecule has 3 rings (SSSR count). The molecule has 1 fully saturated rings. The molecule has 1 N–H and O–H groups in total. The molecule has 0 spiro atoms. The van der Waals surface area contributed by atoms with E-state index in [4.69, 9.17) is 5.26 Å². The zero-order valence-corrected chi connectivity index (χ0v) is 11.7. The monoisotopic (exact) mass is 300 g/mol. The Morgan fingerprint density at radius 3 is 2.68 bits per heavy atom. The topological polar surface area (TPSA) is 47.3 Å². The summed E-state index contributed by atoms with van der Waals surface area (Å²) in [6.45, 7) is 0.268. The second kappa shape index (κ2) is 5.74. The third-order valence-corrected chi connectivity index (χ3v) is 3.90. The van der Waals surface area contributed by atoms with Gasteiger partial charge in [-0.15, -0.1) is 0 Å². The zero-order chi connectivity index (χ0) is 15.7. The number of nitrogens with zero attached hydrogens (tertiary/aromatic N) is 2. The van der Waals surface area contributed by atoms with E-state index in [-0.39, 0.29) is 24.0 Å². The number of nitriles is 1. The molecule has 2 unspecified atom stereocenters. The van der Waals surface area contributed by atoms with Crippen LogP contribution in [0.3, 0.4) is 0 Å². The number of aliphatic hydroxyl groups is 1. The lowest BCUT2D eigenvalue weighted by Crippen LogP contribution is -2.25. The fraction of sp³-hybridized carbons (Fsp3) is 0.235. The summed E-state index contributed by atoms with van der Waals surface area (Å²) < 4.78 is 27.7. The molecule has 1 saturated heterocycles. The number of β-amino-alcohol motifs (C(OH)–C–C–N with tert-alkyl or cyclic N) is 1. The Morgan fingerprint density at radius 2 is 2.00 bits per heavy atom. The fourth-order valence-corrected chi connectivity index (χ4v) is 2.92. The lowest BCUT2D eigenvalue weighted by Gasteiger charge is -2.27. The molecule has 0 saturated carbocycles. The number of rotatable bonds is 2. The second-order valence-electron chi connectivity index (χ2n) is 5.39. The number of hydrogen-bond donors (Lipinski definition) is 1. The van der Waals surface area contributed by atoms with Crippen molar-refractivity contribution in [2.45, 2.75) is 18.6 Å².